The molecule has 0 aromatic heterocycles. The molecule has 0 saturated heterocycles. The predicted molar refractivity (Wildman–Crippen MR) is 77.0 cm³/mol. The van der Waals surface area contributed by atoms with Crippen LogP contribution < -0.4 is 10.5 Å². The maximum atomic E-state index is 12.9. The summed E-state index contributed by atoms with van der Waals surface area (Å²) in [5.74, 6) is 0.282. The van der Waals surface area contributed by atoms with Crippen molar-refractivity contribution in [3.63, 3.8) is 0 Å². The highest BCUT2D eigenvalue weighted by Crippen LogP contribution is 2.28. The van der Waals surface area contributed by atoms with Crippen molar-refractivity contribution in [2.45, 2.75) is 6.61 Å². The van der Waals surface area contributed by atoms with E-state index in [0.29, 0.717) is 22.5 Å². The van der Waals surface area contributed by atoms with Crippen LogP contribution in [0.15, 0.2) is 45.3 Å². The Morgan fingerprint density at radius 2 is 1.94 bits per heavy atom. The van der Waals surface area contributed by atoms with Crippen LogP contribution in [0.3, 0.4) is 0 Å². The minimum Gasteiger partial charge on any atom is -0.488 e. The Morgan fingerprint density at radius 1 is 1.17 bits per heavy atom. The fourth-order valence-electron chi connectivity index (χ4n) is 1.46. The van der Waals surface area contributed by atoms with Gasteiger partial charge in [-0.05, 0) is 56.1 Å². The van der Waals surface area contributed by atoms with Gasteiger partial charge in [-0.15, -0.1) is 0 Å². The molecule has 0 fully saturated rings. The van der Waals surface area contributed by atoms with Crippen LogP contribution >= 0.6 is 31.9 Å². The van der Waals surface area contributed by atoms with E-state index < -0.39 is 0 Å². The van der Waals surface area contributed by atoms with E-state index in [9.17, 15) is 4.39 Å². The summed E-state index contributed by atoms with van der Waals surface area (Å²) >= 11 is 6.66. The SMILES string of the molecule is Nc1cccc(COc2ccc(F)cc2Br)c1Br. The summed E-state index contributed by atoms with van der Waals surface area (Å²) in [7, 11) is 0. The monoisotopic (exact) mass is 373 g/mol. The molecule has 0 unspecified atom stereocenters. The van der Waals surface area contributed by atoms with Crippen molar-refractivity contribution in [2.24, 2.45) is 0 Å². The molecule has 2 nitrogen and oxygen atoms in total. The second-order valence-corrected chi connectivity index (χ2v) is 5.33. The fraction of sp³-hybridized carbons (Fsp3) is 0.0769. The molecule has 2 N–H and O–H groups in total. The van der Waals surface area contributed by atoms with Crippen LogP contribution in [0.25, 0.3) is 0 Å². The van der Waals surface area contributed by atoms with Crippen molar-refractivity contribution in [3.8, 4) is 5.75 Å². The molecular formula is C13H10Br2FNO. The maximum Gasteiger partial charge on any atom is 0.134 e. The number of rotatable bonds is 3. The van der Waals surface area contributed by atoms with Crippen molar-refractivity contribution < 1.29 is 9.13 Å². The summed E-state index contributed by atoms with van der Waals surface area (Å²) in [5.41, 5.74) is 7.38. The lowest BCUT2D eigenvalue weighted by Gasteiger charge is -2.10. The number of halogens is 3. The summed E-state index contributed by atoms with van der Waals surface area (Å²) < 4.78 is 19.9. The second-order valence-electron chi connectivity index (χ2n) is 3.68. The zero-order valence-corrected chi connectivity index (χ0v) is 12.5. The number of hydrogen-bond donors (Lipinski definition) is 1. The molecular weight excluding hydrogens is 365 g/mol. The van der Waals surface area contributed by atoms with Gasteiger partial charge in [0.05, 0.1) is 4.47 Å². The molecule has 2 aromatic rings. The molecule has 0 bridgehead atoms. The minimum absolute atomic E-state index is 0.306. The molecule has 94 valence electrons. The molecule has 2 rings (SSSR count). The van der Waals surface area contributed by atoms with E-state index >= 15 is 0 Å². The van der Waals surface area contributed by atoms with Crippen LogP contribution in [0.2, 0.25) is 0 Å². The molecule has 0 aliphatic carbocycles. The zero-order chi connectivity index (χ0) is 13.1. The van der Waals surface area contributed by atoms with Crippen LogP contribution in [0, 0.1) is 5.82 Å². The van der Waals surface area contributed by atoms with Crippen LogP contribution in [0.5, 0.6) is 5.75 Å². The quantitative estimate of drug-likeness (QED) is 0.802. The average Bonchev–Trinajstić information content (AvgIpc) is 2.33. The molecule has 0 saturated carbocycles. The van der Waals surface area contributed by atoms with Crippen LogP contribution in [0.4, 0.5) is 10.1 Å². The average molecular weight is 375 g/mol. The highest BCUT2D eigenvalue weighted by molar-refractivity contribution is 9.11. The third kappa shape index (κ3) is 3.03. The first-order valence-corrected chi connectivity index (χ1v) is 6.77. The van der Waals surface area contributed by atoms with Crippen molar-refractivity contribution in [2.75, 3.05) is 5.73 Å². The van der Waals surface area contributed by atoms with Crippen molar-refractivity contribution in [3.05, 3.63) is 56.7 Å². The molecule has 0 aliphatic heterocycles. The van der Waals surface area contributed by atoms with Gasteiger partial charge in [0.15, 0.2) is 0 Å². The Kier molecular flexibility index (Phi) is 4.24. The smallest absolute Gasteiger partial charge is 0.134 e. The first kappa shape index (κ1) is 13.4. The molecule has 5 heteroatoms. The van der Waals surface area contributed by atoms with Crippen LogP contribution in [-0.4, -0.2) is 0 Å². The summed E-state index contributed by atoms with van der Waals surface area (Å²) in [4.78, 5) is 0. The number of hydrogen-bond acceptors (Lipinski definition) is 2. The standard InChI is InChI=1S/C13H10Br2FNO/c14-10-6-9(16)4-5-12(10)18-7-8-2-1-3-11(17)13(8)15/h1-6H,7,17H2. The lowest BCUT2D eigenvalue weighted by atomic mass is 10.2. The fourth-order valence-corrected chi connectivity index (χ4v) is 2.30. The summed E-state index contributed by atoms with van der Waals surface area (Å²) in [6.07, 6.45) is 0. The van der Waals surface area contributed by atoms with Gasteiger partial charge in [0.2, 0.25) is 0 Å². The third-order valence-corrected chi connectivity index (χ3v) is 3.97. The first-order chi connectivity index (χ1) is 8.58. The number of nitrogens with two attached hydrogens (primary N) is 1. The first-order valence-electron chi connectivity index (χ1n) is 5.18. The Morgan fingerprint density at radius 3 is 2.67 bits per heavy atom. The van der Waals surface area contributed by atoms with Crippen molar-refractivity contribution in [1.29, 1.82) is 0 Å². The van der Waals surface area contributed by atoms with E-state index in [0.717, 1.165) is 10.0 Å². The van der Waals surface area contributed by atoms with Crippen LogP contribution in [0.1, 0.15) is 5.56 Å². The van der Waals surface area contributed by atoms with Gasteiger partial charge < -0.3 is 10.5 Å². The topological polar surface area (TPSA) is 35.2 Å². The minimum atomic E-state index is -0.306. The largest absolute Gasteiger partial charge is 0.488 e. The second kappa shape index (κ2) is 5.71. The van der Waals surface area contributed by atoms with Crippen molar-refractivity contribution in [1.82, 2.24) is 0 Å². The van der Waals surface area contributed by atoms with E-state index in [1.165, 1.54) is 12.1 Å². The van der Waals surface area contributed by atoms with E-state index in [-0.39, 0.29) is 5.82 Å². The summed E-state index contributed by atoms with van der Waals surface area (Å²) in [6, 6.07) is 9.88. The van der Waals surface area contributed by atoms with Gasteiger partial charge in [-0.1, -0.05) is 12.1 Å². The highest BCUT2D eigenvalue weighted by atomic mass is 79.9. The lowest BCUT2D eigenvalue weighted by Crippen LogP contribution is -1.99. The van der Waals surface area contributed by atoms with Gasteiger partial charge in [-0.3, -0.25) is 0 Å². The van der Waals surface area contributed by atoms with E-state index in [1.54, 1.807) is 12.1 Å². The zero-order valence-electron chi connectivity index (χ0n) is 9.29. The molecule has 0 spiro atoms. The number of ether oxygens (including phenoxy) is 1. The normalized spacial score (nSPS) is 10.4. The van der Waals surface area contributed by atoms with Gasteiger partial charge >= 0.3 is 0 Å². The van der Waals surface area contributed by atoms with E-state index in [2.05, 4.69) is 31.9 Å². The van der Waals surface area contributed by atoms with Gasteiger partial charge in [-0.2, -0.15) is 0 Å². The van der Waals surface area contributed by atoms with Crippen LogP contribution in [-0.2, 0) is 6.61 Å². The number of benzene rings is 2. The van der Waals surface area contributed by atoms with E-state index in [4.69, 9.17) is 10.5 Å². The molecule has 2 aromatic carbocycles. The van der Waals surface area contributed by atoms with Gasteiger partial charge in [0, 0.05) is 15.7 Å². The summed E-state index contributed by atoms with van der Waals surface area (Å²) in [6.45, 7) is 0.357. The number of anilines is 1. The van der Waals surface area contributed by atoms with E-state index in [1.807, 2.05) is 12.1 Å². The Balaban J connectivity index is 2.14. The van der Waals surface area contributed by atoms with Gasteiger partial charge in [-0.25, -0.2) is 4.39 Å². The molecule has 0 radical (unpaired) electrons. The van der Waals surface area contributed by atoms with Crippen molar-refractivity contribution >= 4 is 37.5 Å². The Bertz CT molecular complexity index is 575. The Hall–Kier alpha value is -1.07. The predicted octanol–water partition coefficient (Wildman–Crippen LogP) is 4.51. The number of nitrogen functional groups attached to an aromatic ring is 1. The third-order valence-electron chi connectivity index (χ3n) is 2.39. The molecule has 0 heterocycles. The molecule has 18 heavy (non-hydrogen) atoms. The van der Waals surface area contributed by atoms with Gasteiger partial charge in [0.25, 0.3) is 0 Å². The highest BCUT2D eigenvalue weighted by Gasteiger charge is 2.06. The Labute approximate surface area is 121 Å². The molecule has 0 aliphatic rings. The molecule has 0 amide bonds. The maximum absolute atomic E-state index is 12.9. The van der Waals surface area contributed by atoms with Gasteiger partial charge in [0.1, 0.15) is 18.2 Å². The molecule has 0 atom stereocenters. The summed E-state index contributed by atoms with van der Waals surface area (Å²) in [5, 5.41) is 0. The lowest BCUT2D eigenvalue weighted by molar-refractivity contribution is 0.303.